The summed E-state index contributed by atoms with van der Waals surface area (Å²) in [5.74, 6) is -1.41. The third-order valence-corrected chi connectivity index (χ3v) is 4.74. The predicted octanol–water partition coefficient (Wildman–Crippen LogP) is -0.541. The first-order chi connectivity index (χ1) is 8.76. The first kappa shape index (κ1) is 13.3. The van der Waals surface area contributed by atoms with Crippen molar-refractivity contribution in [1.29, 1.82) is 0 Å². The van der Waals surface area contributed by atoms with Crippen LogP contribution in [0.15, 0.2) is 9.42 Å². The molecule has 2 rings (SSSR count). The average Bonchev–Trinajstić information content (AvgIpc) is 2.83. The molecule has 1 aliphatic heterocycles. The van der Waals surface area contributed by atoms with Crippen LogP contribution in [0.4, 0.5) is 4.79 Å². The van der Waals surface area contributed by atoms with E-state index >= 15 is 0 Å². The van der Waals surface area contributed by atoms with Crippen molar-refractivity contribution in [3.05, 3.63) is 11.5 Å². The van der Waals surface area contributed by atoms with Gasteiger partial charge >= 0.3 is 12.0 Å². The number of carbonyl (C=O) groups excluding carboxylic acids is 1. The van der Waals surface area contributed by atoms with Crippen molar-refractivity contribution in [3.63, 3.8) is 0 Å². The average molecular weight is 289 g/mol. The van der Waals surface area contributed by atoms with E-state index in [9.17, 15) is 18.0 Å². The van der Waals surface area contributed by atoms with E-state index in [0.717, 1.165) is 0 Å². The van der Waals surface area contributed by atoms with Gasteiger partial charge in [-0.25, -0.2) is 22.3 Å². The Morgan fingerprint density at radius 3 is 2.63 bits per heavy atom. The summed E-state index contributed by atoms with van der Waals surface area (Å²) in [6.07, 6.45) is 0. The third-order valence-electron chi connectivity index (χ3n) is 2.70. The largest absolute Gasteiger partial charge is 0.480 e. The molecule has 0 aliphatic carbocycles. The van der Waals surface area contributed by atoms with Crippen LogP contribution in [0.25, 0.3) is 0 Å². The van der Waals surface area contributed by atoms with E-state index in [1.807, 2.05) is 0 Å². The highest BCUT2D eigenvalue weighted by Crippen LogP contribution is 2.26. The van der Waals surface area contributed by atoms with Crippen molar-refractivity contribution < 1.29 is 27.6 Å². The fraction of sp³-hybridized carbons (Fsp3) is 0.444. The zero-order valence-electron chi connectivity index (χ0n) is 10.1. The number of nitrogens with one attached hydrogen (secondary N) is 1. The number of carboxylic acids is 1. The Bertz CT molecular complexity index is 629. The molecule has 0 bridgehead atoms. The minimum absolute atomic E-state index is 0.00124. The molecule has 0 aromatic carbocycles. The molecule has 1 atom stereocenters. The number of urea groups is 1. The number of aryl methyl sites for hydroxylation is 2. The van der Waals surface area contributed by atoms with Gasteiger partial charge in [0.15, 0.2) is 16.7 Å². The van der Waals surface area contributed by atoms with E-state index < -0.39 is 28.1 Å². The quantitative estimate of drug-likeness (QED) is 0.764. The number of aliphatic carboxylic acids is 1. The molecule has 104 valence electrons. The number of carbonyl (C=O) groups is 2. The molecule has 1 aromatic rings. The van der Waals surface area contributed by atoms with Crippen LogP contribution in [0, 0.1) is 13.8 Å². The van der Waals surface area contributed by atoms with E-state index in [-0.39, 0.29) is 22.9 Å². The number of sulfonamides is 1. The van der Waals surface area contributed by atoms with E-state index in [4.69, 9.17) is 9.63 Å². The molecule has 0 radical (unpaired) electrons. The lowest BCUT2D eigenvalue weighted by Crippen LogP contribution is -2.43. The third kappa shape index (κ3) is 1.93. The number of amides is 2. The second-order valence-electron chi connectivity index (χ2n) is 3.99. The lowest BCUT2D eigenvalue weighted by molar-refractivity contribution is -0.140. The molecule has 1 fully saturated rings. The summed E-state index contributed by atoms with van der Waals surface area (Å²) in [7, 11) is -4.32. The molecule has 1 saturated heterocycles. The smallest absolute Gasteiger partial charge is 0.332 e. The van der Waals surface area contributed by atoms with Crippen LogP contribution in [-0.4, -0.2) is 47.6 Å². The lowest BCUT2D eigenvalue weighted by atomic mass is 10.3. The van der Waals surface area contributed by atoms with Crippen LogP contribution in [-0.2, 0) is 14.8 Å². The molecule has 19 heavy (non-hydrogen) atoms. The van der Waals surface area contributed by atoms with Gasteiger partial charge < -0.3 is 14.9 Å². The highest BCUT2D eigenvalue weighted by molar-refractivity contribution is 7.89. The Balaban J connectivity index is 2.56. The number of carboxylic acid groups (broad SMARTS) is 1. The molecule has 0 spiro atoms. The van der Waals surface area contributed by atoms with E-state index in [1.54, 1.807) is 0 Å². The topological polar surface area (TPSA) is 130 Å². The molecule has 0 unspecified atom stereocenters. The molecular weight excluding hydrogens is 278 g/mol. The first-order valence-corrected chi connectivity index (χ1v) is 6.68. The lowest BCUT2D eigenvalue weighted by Gasteiger charge is -2.19. The van der Waals surface area contributed by atoms with E-state index in [1.165, 1.54) is 13.8 Å². The Labute approximate surface area is 108 Å². The minimum atomic E-state index is -4.32. The highest BCUT2D eigenvalue weighted by Gasteiger charge is 2.46. The van der Waals surface area contributed by atoms with Crippen LogP contribution in [0.1, 0.15) is 11.5 Å². The van der Waals surface area contributed by atoms with Crippen LogP contribution >= 0.6 is 0 Å². The van der Waals surface area contributed by atoms with Crippen molar-refractivity contribution in [1.82, 2.24) is 14.8 Å². The summed E-state index contributed by atoms with van der Waals surface area (Å²) in [4.78, 5) is 22.3. The summed E-state index contributed by atoms with van der Waals surface area (Å²) in [6.45, 7) is 2.49. The van der Waals surface area contributed by atoms with Gasteiger partial charge in [-0.05, 0) is 13.8 Å². The number of rotatable bonds is 3. The predicted molar refractivity (Wildman–Crippen MR) is 59.8 cm³/mol. The normalized spacial score (nSPS) is 19.6. The van der Waals surface area contributed by atoms with Crippen molar-refractivity contribution in [2.75, 3.05) is 6.54 Å². The minimum Gasteiger partial charge on any atom is -0.480 e. The fourth-order valence-electron chi connectivity index (χ4n) is 1.89. The Morgan fingerprint density at radius 1 is 1.53 bits per heavy atom. The Hall–Kier alpha value is -2.10. The van der Waals surface area contributed by atoms with Crippen LogP contribution in [0.3, 0.4) is 0 Å². The second kappa shape index (κ2) is 4.23. The SMILES string of the molecule is Cc1noc(C)c1S(=O)(=O)N1C(=O)NC[C@H]1C(=O)O. The van der Waals surface area contributed by atoms with Gasteiger partial charge in [0.2, 0.25) is 0 Å². The molecule has 1 aromatic heterocycles. The molecular formula is C9H11N3O6S. The number of aromatic nitrogens is 1. The molecule has 2 amide bonds. The molecule has 10 heteroatoms. The molecule has 0 saturated carbocycles. The van der Waals surface area contributed by atoms with Crippen LogP contribution in [0.2, 0.25) is 0 Å². The highest BCUT2D eigenvalue weighted by atomic mass is 32.2. The van der Waals surface area contributed by atoms with Crippen LogP contribution < -0.4 is 5.32 Å². The second-order valence-corrected chi connectivity index (χ2v) is 5.75. The molecule has 2 N–H and O–H groups in total. The number of hydrogen-bond donors (Lipinski definition) is 2. The van der Waals surface area contributed by atoms with Crippen molar-refractivity contribution in [3.8, 4) is 0 Å². The zero-order chi connectivity index (χ0) is 14.4. The van der Waals surface area contributed by atoms with Gasteiger partial charge in [-0.15, -0.1) is 0 Å². The van der Waals surface area contributed by atoms with Gasteiger partial charge in [-0.2, -0.15) is 0 Å². The van der Waals surface area contributed by atoms with Crippen molar-refractivity contribution in [2.45, 2.75) is 24.8 Å². The number of nitrogens with zero attached hydrogens (tertiary/aromatic N) is 2. The van der Waals surface area contributed by atoms with Gasteiger partial charge in [0.05, 0.1) is 6.54 Å². The zero-order valence-corrected chi connectivity index (χ0v) is 10.9. The van der Waals surface area contributed by atoms with Gasteiger partial charge in [0.1, 0.15) is 5.69 Å². The van der Waals surface area contributed by atoms with E-state index in [0.29, 0.717) is 4.31 Å². The summed E-state index contributed by atoms with van der Waals surface area (Å²) >= 11 is 0. The standard InChI is InChI=1S/C9H11N3O6S/c1-4-7(5(2)18-11-4)19(16,17)12-6(8(13)14)3-10-9(12)15/h6H,3H2,1-2H3,(H,10,15)(H,13,14)/t6-/m0/s1. The summed E-state index contributed by atoms with van der Waals surface area (Å²) < 4.78 is 29.8. The fourth-order valence-corrected chi connectivity index (χ4v) is 3.68. The maximum Gasteiger partial charge on any atom is 0.332 e. The van der Waals surface area contributed by atoms with Gasteiger partial charge in [0.25, 0.3) is 10.0 Å². The molecule has 9 nitrogen and oxygen atoms in total. The number of hydrogen-bond acceptors (Lipinski definition) is 6. The Morgan fingerprint density at radius 2 is 2.16 bits per heavy atom. The van der Waals surface area contributed by atoms with Gasteiger partial charge in [0, 0.05) is 0 Å². The Kier molecular flexibility index (Phi) is 2.97. The van der Waals surface area contributed by atoms with Crippen LogP contribution in [0.5, 0.6) is 0 Å². The van der Waals surface area contributed by atoms with Crippen molar-refractivity contribution in [2.24, 2.45) is 0 Å². The summed E-state index contributed by atoms with van der Waals surface area (Å²) in [5, 5.41) is 14.6. The summed E-state index contributed by atoms with van der Waals surface area (Å²) in [5.41, 5.74) is 0.0707. The van der Waals surface area contributed by atoms with Crippen molar-refractivity contribution >= 4 is 22.0 Å². The van der Waals surface area contributed by atoms with Gasteiger partial charge in [-0.1, -0.05) is 5.16 Å². The first-order valence-electron chi connectivity index (χ1n) is 5.24. The van der Waals surface area contributed by atoms with Gasteiger partial charge in [-0.3, -0.25) is 0 Å². The maximum atomic E-state index is 12.4. The monoisotopic (exact) mass is 289 g/mol. The maximum absolute atomic E-state index is 12.4. The van der Waals surface area contributed by atoms with E-state index in [2.05, 4.69) is 10.5 Å². The molecule has 1 aliphatic rings. The summed E-state index contributed by atoms with van der Waals surface area (Å²) in [6, 6.07) is -2.46. The molecule has 2 heterocycles.